The zero-order chi connectivity index (χ0) is 20.6. The van der Waals surface area contributed by atoms with Crippen LogP contribution in [0.4, 0.5) is 5.69 Å². The van der Waals surface area contributed by atoms with Crippen molar-refractivity contribution in [2.45, 2.75) is 29.6 Å². The van der Waals surface area contributed by atoms with Gasteiger partial charge < -0.3 is 5.32 Å². The highest BCUT2D eigenvalue weighted by Crippen LogP contribution is 2.14. The van der Waals surface area contributed by atoms with Crippen molar-refractivity contribution in [1.82, 2.24) is 9.44 Å². The molecule has 8 nitrogen and oxygen atoms in total. The van der Waals surface area contributed by atoms with Crippen LogP contribution >= 0.6 is 0 Å². The summed E-state index contributed by atoms with van der Waals surface area (Å²) in [5.74, 6) is -0.393. The number of carbonyl (C=O) groups is 1. The molecule has 0 bridgehead atoms. The number of anilines is 1. The average molecular weight is 426 g/mol. The highest BCUT2D eigenvalue weighted by molar-refractivity contribution is 7.89. The zero-order valence-electron chi connectivity index (χ0n) is 15.4. The molecule has 0 aliphatic carbocycles. The van der Waals surface area contributed by atoms with Crippen LogP contribution in [-0.2, 0) is 24.8 Å². The molecule has 28 heavy (non-hydrogen) atoms. The maximum absolute atomic E-state index is 12.1. The predicted molar refractivity (Wildman–Crippen MR) is 107 cm³/mol. The van der Waals surface area contributed by atoms with Crippen LogP contribution in [0.25, 0.3) is 0 Å². The Morgan fingerprint density at radius 3 is 1.89 bits per heavy atom. The Morgan fingerprint density at radius 2 is 1.32 bits per heavy atom. The molecule has 0 atom stereocenters. The van der Waals surface area contributed by atoms with Gasteiger partial charge in [0.2, 0.25) is 26.0 Å². The second-order valence-electron chi connectivity index (χ2n) is 5.93. The zero-order valence-corrected chi connectivity index (χ0v) is 17.0. The molecule has 2 aromatic carbocycles. The minimum Gasteiger partial charge on any atom is -0.326 e. The van der Waals surface area contributed by atoms with E-state index in [9.17, 15) is 21.6 Å². The van der Waals surface area contributed by atoms with Gasteiger partial charge in [-0.2, -0.15) is 0 Å². The second kappa shape index (κ2) is 9.78. The monoisotopic (exact) mass is 425 g/mol. The van der Waals surface area contributed by atoms with Crippen LogP contribution in [0.5, 0.6) is 0 Å². The molecule has 0 saturated carbocycles. The number of benzene rings is 2. The molecule has 1 amide bonds. The van der Waals surface area contributed by atoms with E-state index in [0.29, 0.717) is 18.7 Å². The van der Waals surface area contributed by atoms with Gasteiger partial charge in [-0.1, -0.05) is 25.1 Å². The second-order valence-corrected chi connectivity index (χ2v) is 9.47. The van der Waals surface area contributed by atoms with Crippen LogP contribution in [0.1, 0.15) is 19.8 Å². The van der Waals surface area contributed by atoms with Crippen molar-refractivity contribution < 1.29 is 21.6 Å². The molecule has 0 fully saturated rings. The van der Waals surface area contributed by atoms with Crippen LogP contribution in [-0.4, -0.2) is 35.8 Å². The van der Waals surface area contributed by atoms with Crippen LogP contribution in [0.3, 0.4) is 0 Å². The van der Waals surface area contributed by atoms with Gasteiger partial charge in [-0.25, -0.2) is 26.3 Å². The molecule has 3 N–H and O–H groups in total. The fraction of sp³-hybridized carbons (Fsp3) is 0.278. The summed E-state index contributed by atoms with van der Waals surface area (Å²) < 4.78 is 53.0. The lowest BCUT2D eigenvalue weighted by Crippen LogP contribution is -2.27. The SMILES string of the molecule is CCCNS(=O)(=O)c1ccc(NC(=O)CCNS(=O)(=O)c2ccccc2)cc1. The fourth-order valence-corrected chi connectivity index (χ4v) is 4.43. The number of sulfonamides is 2. The first-order valence-electron chi connectivity index (χ1n) is 8.69. The standard InChI is InChI=1S/C18H23N3O5S2/c1-2-13-19-28(25,26)17-10-8-15(9-11-17)21-18(22)12-14-20-27(23,24)16-6-4-3-5-7-16/h3-11,19-20H,2,12-14H2,1H3,(H,21,22). The Morgan fingerprint density at radius 1 is 0.786 bits per heavy atom. The van der Waals surface area contributed by atoms with Gasteiger partial charge in [0, 0.05) is 25.2 Å². The summed E-state index contributed by atoms with van der Waals surface area (Å²) >= 11 is 0. The van der Waals surface area contributed by atoms with Crippen molar-refractivity contribution >= 4 is 31.6 Å². The molecule has 0 radical (unpaired) electrons. The van der Waals surface area contributed by atoms with Gasteiger partial charge >= 0.3 is 0 Å². The lowest BCUT2D eigenvalue weighted by Gasteiger charge is -2.09. The Balaban J connectivity index is 1.86. The molecule has 0 heterocycles. The Hall–Kier alpha value is -2.27. The minimum absolute atomic E-state index is 0.0591. The minimum atomic E-state index is -3.66. The van der Waals surface area contributed by atoms with E-state index >= 15 is 0 Å². The van der Waals surface area contributed by atoms with Crippen molar-refractivity contribution in [3.8, 4) is 0 Å². The van der Waals surface area contributed by atoms with E-state index < -0.39 is 26.0 Å². The molecule has 2 rings (SSSR count). The molecule has 0 spiro atoms. The van der Waals surface area contributed by atoms with Gasteiger partial charge in [-0.05, 0) is 42.8 Å². The largest absolute Gasteiger partial charge is 0.326 e. The first kappa shape index (κ1) is 22.0. The van der Waals surface area contributed by atoms with E-state index in [4.69, 9.17) is 0 Å². The van der Waals surface area contributed by atoms with Crippen LogP contribution in [0.15, 0.2) is 64.4 Å². The quantitative estimate of drug-likeness (QED) is 0.535. The summed E-state index contributed by atoms with van der Waals surface area (Å²) in [4.78, 5) is 12.2. The number of hydrogen-bond acceptors (Lipinski definition) is 5. The summed E-state index contributed by atoms with van der Waals surface area (Å²) in [5.41, 5.74) is 0.422. The number of carbonyl (C=O) groups excluding carboxylic acids is 1. The molecule has 2 aromatic rings. The summed E-state index contributed by atoms with van der Waals surface area (Å²) in [5, 5.41) is 2.60. The molecule has 10 heteroatoms. The van der Waals surface area contributed by atoms with E-state index in [1.54, 1.807) is 18.2 Å². The molecule has 0 unspecified atom stereocenters. The molecule has 152 valence electrons. The van der Waals surface area contributed by atoms with Gasteiger partial charge in [0.1, 0.15) is 0 Å². The highest BCUT2D eigenvalue weighted by Gasteiger charge is 2.15. The van der Waals surface area contributed by atoms with E-state index in [1.807, 2.05) is 6.92 Å². The van der Waals surface area contributed by atoms with Crippen molar-refractivity contribution in [1.29, 1.82) is 0 Å². The van der Waals surface area contributed by atoms with E-state index in [1.165, 1.54) is 36.4 Å². The van der Waals surface area contributed by atoms with Crippen LogP contribution < -0.4 is 14.8 Å². The van der Waals surface area contributed by atoms with Crippen molar-refractivity contribution in [3.05, 3.63) is 54.6 Å². The molecular weight excluding hydrogens is 402 g/mol. The number of amides is 1. The predicted octanol–water partition coefficient (Wildman–Crippen LogP) is 1.68. The average Bonchev–Trinajstić information content (AvgIpc) is 2.67. The van der Waals surface area contributed by atoms with Gasteiger partial charge in [0.25, 0.3) is 0 Å². The number of hydrogen-bond donors (Lipinski definition) is 3. The molecule has 0 saturated heterocycles. The maximum Gasteiger partial charge on any atom is 0.240 e. The third-order valence-electron chi connectivity index (χ3n) is 3.69. The van der Waals surface area contributed by atoms with Gasteiger partial charge in [-0.3, -0.25) is 4.79 Å². The van der Waals surface area contributed by atoms with Gasteiger partial charge in [0.05, 0.1) is 9.79 Å². The van der Waals surface area contributed by atoms with E-state index in [2.05, 4.69) is 14.8 Å². The van der Waals surface area contributed by atoms with Crippen molar-refractivity contribution in [3.63, 3.8) is 0 Å². The Kier molecular flexibility index (Phi) is 7.69. The maximum atomic E-state index is 12.1. The topological polar surface area (TPSA) is 121 Å². The van der Waals surface area contributed by atoms with Gasteiger partial charge in [-0.15, -0.1) is 0 Å². The molecule has 0 aliphatic rings. The van der Waals surface area contributed by atoms with E-state index in [0.717, 1.165) is 0 Å². The van der Waals surface area contributed by atoms with Gasteiger partial charge in [0.15, 0.2) is 0 Å². The number of nitrogens with one attached hydrogen (secondary N) is 3. The lowest BCUT2D eigenvalue weighted by molar-refractivity contribution is -0.116. The summed E-state index contributed by atoms with van der Waals surface area (Å²) in [6.07, 6.45) is 0.617. The number of rotatable bonds is 10. The van der Waals surface area contributed by atoms with Crippen LogP contribution in [0, 0.1) is 0 Å². The van der Waals surface area contributed by atoms with E-state index in [-0.39, 0.29) is 22.8 Å². The lowest BCUT2D eigenvalue weighted by atomic mass is 10.3. The summed E-state index contributed by atoms with van der Waals surface area (Å²) in [6.45, 7) is 2.15. The van der Waals surface area contributed by atoms with Crippen LogP contribution in [0.2, 0.25) is 0 Å². The third kappa shape index (κ3) is 6.41. The third-order valence-corrected chi connectivity index (χ3v) is 6.64. The Labute approximate surface area is 165 Å². The molecule has 0 aliphatic heterocycles. The Bertz CT molecular complexity index is 989. The molecular formula is C18H23N3O5S2. The molecule has 0 aromatic heterocycles. The van der Waals surface area contributed by atoms with Crippen molar-refractivity contribution in [2.24, 2.45) is 0 Å². The van der Waals surface area contributed by atoms with Crippen molar-refractivity contribution in [2.75, 3.05) is 18.4 Å². The smallest absolute Gasteiger partial charge is 0.240 e. The first-order chi connectivity index (χ1) is 13.2. The first-order valence-corrected chi connectivity index (χ1v) is 11.7. The fourth-order valence-electron chi connectivity index (χ4n) is 2.24. The normalized spacial score (nSPS) is 11.9. The summed E-state index contributed by atoms with van der Waals surface area (Å²) in [7, 11) is -7.23. The highest BCUT2D eigenvalue weighted by atomic mass is 32.2. The summed E-state index contributed by atoms with van der Waals surface area (Å²) in [6, 6.07) is 13.6.